The van der Waals surface area contributed by atoms with Gasteiger partial charge in [0.1, 0.15) is 0 Å². The molecule has 0 spiro atoms. The van der Waals surface area contributed by atoms with Crippen LogP contribution in [0.3, 0.4) is 0 Å². The standard InChI is InChI=1S/C11H14Cl2N2O/c1-7(15(2)6-11(14)16)9-4-3-8(12)5-10(9)13/h3-5,7H,6H2,1-2H3,(H2,14,16). The molecule has 0 aliphatic heterocycles. The fourth-order valence-electron chi connectivity index (χ4n) is 1.46. The smallest absolute Gasteiger partial charge is 0.231 e. The fraction of sp³-hybridized carbons (Fsp3) is 0.364. The van der Waals surface area contributed by atoms with Crippen molar-refractivity contribution in [2.75, 3.05) is 13.6 Å². The van der Waals surface area contributed by atoms with E-state index in [1.165, 1.54) is 0 Å². The van der Waals surface area contributed by atoms with Crippen LogP contribution in [0.2, 0.25) is 10.0 Å². The summed E-state index contributed by atoms with van der Waals surface area (Å²) in [4.78, 5) is 12.6. The zero-order chi connectivity index (χ0) is 12.3. The molecule has 1 amide bonds. The molecule has 0 saturated carbocycles. The summed E-state index contributed by atoms with van der Waals surface area (Å²) in [5.41, 5.74) is 6.06. The van der Waals surface area contributed by atoms with Gasteiger partial charge in [0.05, 0.1) is 6.54 Å². The Hall–Kier alpha value is -0.770. The monoisotopic (exact) mass is 260 g/mol. The molecule has 0 bridgehead atoms. The minimum atomic E-state index is -0.362. The van der Waals surface area contributed by atoms with Gasteiger partial charge in [0.15, 0.2) is 0 Å². The van der Waals surface area contributed by atoms with Gasteiger partial charge in [0, 0.05) is 16.1 Å². The van der Waals surface area contributed by atoms with Crippen molar-refractivity contribution in [3.8, 4) is 0 Å². The van der Waals surface area contributed by atoms with Crippen molar-refractivity contribution in [2.45, 2.75) is 13.0 Å². The molecule has 0 saturated heterocycles. The van der Waals surface area contributed by atoms with Gasteiger partial charge < -0.3 is 5.73 Å². The van der Waals surface area contributed by atoms with Crippen molar-refractivity contribution in [1.29, 1.82) is 0 Å². The Morgan fingerprint density at radius 1 is 1.50 bits per heavy atom. The van der Waals surface area contributed by atoms with E-state index in [1.807, 2.05) is 24.9 Å². The predicted octanol–water partition coefficient (Wildman–Crippen LogP) is 2.47. The zero-order valence-electron chi connectivity index (χ0n) is 9.21. The molecule has 88 valence electrons. The highest BCUT2D eigenvalue weighted by molar-refractivity contribution is 6.35. The Bertz CT molecular complexity index is 396. The molecule has 3 nitrogen and oxygen atoms in total. The van der Waals surface area contributed by atoms with Crippen molar-refractivity contribution in [3.05, 3.63) is 33.8 Å². The summed E-state index contributed by atoms with van der Waals surface area (Å²) in [6, 6.07) is 5.33. The average Bonchev–Trinajstić information content (AvgIpc) is 2.15. The predicted molar refractivity (Wildman–Crippen MR) is 66.7 cm³/mol. The molecule has 1 rings (SSSR count). The second-order valence-electron chi connectivity index (χ2n) is 3.72. The molecular weight excluding hydrogens is 247 g/mol. The first-order valence-corrected chi connectivity index (χ1v) is 5.61. The summed E-state index contributed by atoms with van der Waals surface area (Å²) in [6.45, 7) is 2.15. The number of likely N-dealkylation sites (N-methyl/N-ethyl adjacent to an activating group) is 1. The molecule has 2 N–H and O–H groups in total. The van der Waals surface area contributed by atoms with Crippen LogP contribution in [0.1, 0.15) is 18.5 Å². The number of nitrogens with two attached hydrogens (primary N) is 1. The molecule has 1 aromatic carbocycles. The van der Waals surface area contributed by atoms with E-state index in [0.29, 0.717) is 10.0 Å². The van der Waals surface area contributed by atoms with Crippen LogP contribution < -0.4 is 5.73 Å². The summed E-state index contributed by atoms with van der Waals surface area (Å²) < 4.78 is 0. The van der Waals surface area contributed by atoms with Crippen molar-refractivity contribution in [3.63, 3.8) is 0 Å². The number of benzene rings is 1. The van der Waals surface area contributed by atoms with Crippen LogP contribution in [-0.2, 0) is 4.79 Å². The van der Waals surface area contributed by atoms with Gasteiger partial charge in [-0.1, -0.05) is 29.3 Å². The minimum Gasteiger partial charge on any atom is -0.369 e. The third-order valence-corrected chi connectivity index (χ3v) is 3.04. The molecule has 0 aromatic heterocycles. The topological polar surface area (TPSA) is 46.3 Å². The van der Waals surface area contributed by atoms with Gasteiger partial charge >= 0.3 is 0 Å². The lowest BCUT2D eigenvalue weighted by Gasteiger charge is -2.24. The third-order valence-electron chi connectivity index (χ3n) is 2.48. The van der Waals surface area contributed by atoms with Gasteiger partial charge in [0.25, 0.3) is 0 Å². The van der Waals surface area contributed by atoms with E-state index in [9.17, 15) is 4.79 Å². The maximum atomic E-state index is 10.8. The Labute approximate surface area is 105 Å². The van der Waals surface area contributed by atoms with Crippen molar-refractivity contribution < 1.29 is 4.79 Å². The van der Waals surface area contributed by atoms with Crippen LogP contribution in [0.4, 0.5) is 0 Å². The molecule has 1 atom stereocenters. The van der Waals surface area contributed by atoms with Crippen LogP contribution in [0, 0.1) is 0 Å². The number of carbonyl (C=O) groups is 1. The maximum Gasteiger partial charge on any atom is 0.231 e. The Morgan fingerprint density at radius 2 is 2.12 bits per heavy atom. The Morgan fingerprint density at radius 3 is 2.62 bits per heavy atom. The van der Waals surface area contributed by atoms with E-state index in [-0.39, 0.29) is 18.5 Å². The lowest BCUT2D eigenvalue weighted by molar-refractivity contribution is -0.119. The SMILES string of the molecule is CC(c1ccc(Cl)cc1Cl)N(C)CC(N)=O. The summed E-state index contributed by atoms with van der Waals surface area (Å²) in [7, 11) is 1.82. The number of rotatable bonds is 4. The highest BCUT2D eigenvalue weighted by Gasteiger charge is 2.16. The lowest BCUT2D eigenvalue weighted by Crippen LogP contribution is -2.32. The first kappa shape index (κ1) is 13.3. The number of carbonyl (C=O) groups excluding carboxylic acids is 1. The van der Waals surface area contributed by atoms with E-state index in [4.69, 9.17) is 28.9 Å². The van der Waals surface area contributed by atoms with Crippen molar-refractivity contribution in [2.24, 2.45) is 5.73 Å². The lowest BCUT2D eigenvalue weighted by atomic mass is 10.1. The molecule has 0 aliphatic rings. The van der Waals surface area contributed by atoms with Gasteiger partial charge in [-0.05, 0) is 31.7 Å². The number of nitrogens with zero attached hydrogens (tertiary/aromatic N) is 1. The molecule has 1 aromatic rings. The average molecular weight is 261 g/mol. The van der Waals surface area contributed by atoms with Crippen LogP contribution in [0.15, 0.2) is 18.2 Å². The number of hydrogen-bond donors (Lipinski definition) is 1. The van der Waals surface area contributed by atoms with E-state index in [1.54, 1.807) is 12.1 Å². The van der Waals surface area contributed by atoms with Gasteiger partial charge in [0.2, 0.25) is 5.91 Å². The number of hydrogen-bond acceptors (Lipinski definition) is 2. The minimum absolute atomic E-state index is 0.0114. The quantitative estimate of drug-likeness (QED) is 0.904. The molecule has 16 heavy (non-hydrogen) atoms. The maximum absolute atomic E-state index is 10.8. The van der Waals surface area contributed by atoms with Crippen molar-refractivity contribution >= 4 is 29.1 Å². The number of primary amides is 1. The molecular formula is C11H14Cl2N2O. The first-order chi connectivity index (χ1) is 7.41. The number of halogens is 2. The van der Waals surface area contributed by atoms with Crippen LogP contribution >= 0.6 is 23.2 Å². The second-order valence-corrected chi connectivity index (χ2v) is 4.57. The summed E-state index contributed by atoms with van der Waals surface area (Å²) >= 11 is 11.9. The molecule has 5 heteroatoms. The summed E-state index contributed by atoms with van der Waals surface area (Å²) in [6.07, 6.45) is 0. The van der Waals surface area contributed by atoms with Crippen LogP contribution in [0.5, 0.6) is 0 Å². The fourth-order valence-corrected chi connectivity index (χ4v) is 2.03. The summed E-state index contributed by atoms with van der Waals surface area (Å²) in [5.74, 6) is -0.362. The normalized spacial score (nSPS) is 12.8. The number of amides is 1. The third kappa shape index (κ3) is 3.37. The Kier molecular flexibility index (Phi) is 4.59. The van der Waals surface area contributed by atoms with E-state index in [2.05, 4.69) is 0 Å². The molecule has 0 aliphatic carbocycles. The van der Waals surface area contributed by atoms with Gasteiger partial charge in [-0.15, -0.1) is 0 Å². The molecule has 0 radical (unpaired) electrons. The van der Waals surface area contributed by atoms with Gasteiger partial charge in [-0.2, -0.15) is 0 Å². The second kappa shape index (κ2) is 5.53. The Balaban J connectivity index is 2.87. The molecule has 0 heterocycles. The zero-order valence-corrected chi connectivity index (χ0v) is 10.7. The first-order valence-electron chi connectivity index (χ1n) is 4.85. The van der Waals surface area contributed by atoms with E-state index in [0.717, 1.165) is 5.56 Å². The summed E-state index contributed by atoms with van der Waals surface area (Å²) in [5, 5.41) is 1.19. The van der Waals surface area contributed by atoms with Gasteiger partial charge in [-0.25, -0.2) is 0 Å². The van der Waals surface area contributed by atoms with E-state index < -0.39 is 0 Å². The highest BCUT2D eigenvalue weighted by atomic mass is 35.5. The largest absolute Gasteiger partial charge is 0.369 e. The van der Waals surface area contributed by atoms with Crippen LogP contribution in [-0.4, -0.2) is 24.4 Å². The highest BCUT2D eigenvalue weighted by Crippen LogP contribution is 2.28. The molecule has 1 unspecified atom stereocenters. The van der Waals surface area contributed by atoms with E-state index >= 15 is 0 Å². The van der Waals surface area contributed by atoms with Crippen molar-refractivity contribution in [1.82, 2.24) is 4.90 Å². The van der Waals surface area contributed by atoms with Crippen LogP contribution in [0.25, 0.3) is 0 Å². The van der Waals surface area contributed by atoms with Gasteiger partial charge in [-0.3, -0.25) is 9.69 Å². The molecule has 0 fully saturated rings.